The van der Waals surface area contributed by atoms with Gasteiger partial charge in [-0.15, -0.1) is 0 Å². The summed E-state index contributed by atoms with van der Waals surface area (Å²) < 4.78 is 56.8. The molecular weight excluding hydrogens is 344 g/mol. The Morgan fingerprint density at radius 2 is 1.92 bits per heavy atom. The number of carbonyl (C=O) groups excluding carboxylic acids is 2. The highest BCUT2D eigenvalue weighted by Crippen LogP contribution is 2.33. The highest BCUT2D eigenvalue weighted by molar-refractivity contribution is 5.92. The van der Waals surface area contributed by atoms with E-state index in [4.69, 9.17) is 4.74 Å². The first-order valence-electron chi connectivity index (χ1n) is 7.80. The van der Waals surface area contributed by atoms with Gasteiger partial charge in [-0.25, -0.2) is 14.0 Å². The zero-order valence-electron chi connectivity index (χ0n) is 13.9. The largest absolute Gasteiger partial charge is 0.464 e. The lowest BCUT2D eigenvalue weighted by Crippen LogP contribution is -2.44. The number of benzene rings is 1. The minimum Gasteiger partial charge on any atom is -0.464 e. The van der Waals surface area contributed by atoms with E-state index in [1.165, 1.54) is 0 Å². The number of ether oxygens (including phenoxy) is 1. The van der Waals surface area contributed by atoms with Crippen LogP contribution < -0.4 is 10.6 Å². The lowest BCUT2D eigenvalue weighted by molar-refractivity contribution is -0.145. The summed E-state index contributed by atoms with van der Waals surface area (Å²) in [5.74, 6) is -2.25. The number of hydrogen-bond acceptors (Lipinski definition) is 3. The summed E-state index contributed by atoms with van der Waals surface area (Å²) in [6.07, 6.45) is -3.19. The van der Waals surface area contributed by atoms with E-state index in [0.717, 1.165) is 18.6 Å². The van der Waals surface area contributed by atoms with Crippen molar-refractivity contribution in [3.8, 4) is 0 Å². The molecule has 0 bridgehead atoms. The van der Waals surface area contributed by atoms with Gasteiger partial charge < -0.3 is 15.4 Å². The number of amides is 2. The molecule has 2 N–H and O–H groups in total. The molecule has 9 heteroatoms. The third kappa shape index (κ3) is 6.24. The number of esters is 1. The first kappa shape index (κ1) is 20.7. The smallest absolute Gasteiger partial charge is 0.419 e. The Morgan fingerprint density at radius 1 is 1.24 bits per heavy atom. The standard InChI is InChI=1S/C16H20F4N2O3/c1-3-5-8-12(14(23)25-4-2)22-15(24)21-11-9-6-7-10(13(11)17)16(18,19)20/h6-7,9,12H,3-5,8H2,1-2H3,(H2,21,22,24). The monoisotopic (exact) mass is 364 g/mol. The summed E-state index contributed by atoms with van der Waals surface area (Å²) in [7, 11) is 0. The molecule has 0 aliphatic rings. The topological polar surface area (TPSA) is 67.4 Å². The van der Waals surface area contributed by atoms with Gasteiger partial charge in [0.05, 0.1) is 17.9 Å². The average Bonchev–Trinajstić information content (AvgIpc) is 2.52. The molecule has 0 saturated heterocycles. The van der Waals surface area contributed by atoms with Gasteiger partial charge >= 0.3 is 18.2 Å². The van der Waals surface area contributed by atoms with Crippen molar-refractivity contribution < 1.29 is 31.9 Å². The lowest BCUT2D eigenvalue weighted by atomic mass is 10.1. The molecule has 0 spiro atoms. The molecule has 140 valence electrons. The maximum Gasteiger partial charge on any atom is 0.419 e. The fraction of sp³-hybridized carbons (Fsp3) is 0.500. The number of halogens is 4. The SMILES string of the molecule is CCCCC(NC(=O)Nc1cccc(C(F)(F)F)c1F)C(=O)OCC. The highest BCUT2D eigenvalue weighted by Gasteiger charge is 2.35. The third-order valence-electron chi connectivity index (χ3n) is 3.28. The second-order valence-corrected chi connectivity index (χ2v) is 5.21. The minimum atomic E-state index is -4.88. The van der Waals surface area contributed by atoms with Crippen LogP contribution in [0.2, 0.25) is 0 Å². The number of nitrogens with one attached hydrogen (secondary N) is 2. The van der Waals surface area contributed by atoms with Gasteiger partial charge in [0.1, 0.15) is 6.04 Å². The van der Waals surface area contributed by atoms with Crippen LogP contribution in [0.1, 0.15) is 38.7 Å². The van der Waals surface area contributed by atoms with E-state index in [-0.39, 0.29) is 6.61 Å². The van der Waals surface area contributed by atoms with Crippen LogP contribution in [-0.4, -0.2) is 24.6 Å². The van der Waals surface area contributed by atoms with Gasteiger partial charge in [0.2, 0.25) is 0 Å². The normalized spacial score (nSPS) is 12.4. The first-order valence-corrected chi connectivity index (χ1v) is 7.80. The molecule has 1 aromatic carbocycles. The lowest BCUT2D eigenvalue weighted by Gasteiger charge is -2.18. The Balaban J connectivity index is 2.85. The number of alkyl halides is 3. The zero-order valence-corrected chi connectivity index (χ0v) is 13.9. The van der Waals surface area contributed by atoms with Crippen molar-refractivity contribution in [2.75, 3.05) is 11.9 Å². The molecule has 0 fully saturated rings. The van der Waals surface area contributed by atoms with E-state index < -0.39 is 41.3 Å². The van der Waals surface area contributed by atoms with Crippen LogP contribution in [0, 0.1) is 5.82 Å². The molecule has 2 amide bonds. The van der Waals surface area contributed by atoms with Crippen LogP contribution in [0.25, 0.3) is 0 Å². The number of rotatable bonds is 7. The van der Waals surface area contributed by atoms with Gasteiger partial charge in [0.25, 0.3) is 0 Å². The number of hydrogen-bond donors (Lipinski definition) is 2. The number of anilines is 1. The Bertz CT molecular complexity index is 606. The number of unbranched alkanes of at least 4 members (excludes halogenated alkanes) is 1. The molecule has 1 atom stereocenters. The summed E-state index contributed by atoms with van der Waals surface area (Å²) in [5.41, 5.74) is -2.12. The van der Waals surface area contributed by atoms with E-state index in [0.29, 0.717) is 18.9 Å². The van der Waals surface area contributed by atoms with Gasteiger partial charge in [-0.2, -0.15) is 13.2 Å². The predicted octanol–water partition coefficient (Wildman–Crippen LogP) is 4.09. The molecule has 0 radical (unpaired) electrons. The Morgan fingerprint density at radius 3 is 2.48 bits per heavy atom. The van der Waals surface area contributed by atoms with E-state index in [1.807, 2.05) is 12.2 Å². The van der Waals surface area contributed by atoms with E-state index in [9.17, 15) is 27.2 Å². The van der Waals surface area contributed by atoms with Crippen molar-refractivity contribution in [3.63, 3.8) is 0 Å². The first-order chi connectivity index (χ1) is 11.7. The molecule has 0 aliphatic carbocycles. The molecule has 0 saturated carbocycles. The Hall–Kier alpha value is -2.32. The molecule has 0 heterocycles. The van der Waals surface area contributed by atoms with Crippen molar-refractivity contribution in [1.29, 1.82) is 0 Å². The number of carbonyl (C=O) groups is 2. The van der Waals surface area contributed by atoms with Crippen molar-refractivity contribution >= 4 is 17.7 Å². The average molecular weight is 364 g/mol. The quantitative estimate of drug-likeness (QED) is 0.566. The van der Waals surface area contributed by atoms with Gasteiger partial charge in [-0.05, 0) is 25.5 Å². The zero-order chi connectivity index (χ0) is 19.0. The predicted molar refractivity (Wildman–Crippen MR) is 83.5 cm³/mol. The van der Waals surface area contributed by atoms with Crippen molar-refractivity contribution in [2.24, 2.45) is 0 Å². The summed E-state index contributed by atoms with van der Waals surface area (Å²) >= 11 is 0. The van der Waals surface area contributed by atoms with Crippen LogP contribution >= 0.6 is 0 Å². The maximum atomic E-state index is 13.9. The summed E-state index contributed by atoms with van der Waals surface area (Å²) in [6, 6.07) is 0.582. The second kappa shape index (κ2) is 9.24. The van der Waals surface area contributed by atoms with Gasteiger partial charge in [0, 0.05) is 0 Å². The van der Waals surface area contributed by atoms with Crippen LogP contribution in [0.3, 0.4) is 0 Å². The maximum absolute atomic E-state index is 13.9. The van der Waals surface area contributed by atoms with Gasteiger partial charge in [-0.1, -0.05) is 25.8 Å². The van der Waals surface area contributed by atoms with Crippen LogP contribution in [0.5, 0.6) is 0 Å². The molecule has 0 aliphatic heterocycles. The molecule has 1 unspecified atom stereocenters. The highest BCUT2D eigenvalue weighted by atomic mass is 19.4. The third-order valence-corrected chi connectivity index (χ3v) is 3.28. The van der Waals surface area contributed by atoms with E-state index in [1.54, 1.807) is 6.92 Å². The minimum absolute atomic E-state index is 0.118. The van der Waals surface area contributed by atoms with Crippen molar-refractivity contribution in [3.05, 3.63) is 29.6 Å². The molecule has 5 nitrogen and oxygen atoms in total. The summed E-state index contributed by atoms with van der Waals surface area (Å²) in [6.45, 7) is 3.61. The van der Waals surface area contributed by atoms with E-state index in [2.05, 4.69) is 5.32 Å². The fourth-order valence-corrected chi connectivity index (χ4v) is 2.06. The number of urea groups is 1. The van der Waals surface area contributed by atoms with Gasteiger partial charge in [0.15, 0.2) is 5.82 Å². The van der Waals surface area contributed by atoms with Crippen molar-refractivity contribution in [2.45, 2.75) is 45.3 Å². The van der Waals surface area contributed by atoms with E-state index >= 15 is 0 Å². The Kier molecular flexibility index (Phi) is 7.66. The van der Waals surface area contributed by atoms with Crippen LogP contribution in [0.15, 0.2) is 18.2 Å². The Labute approximate surface area is 142 Å². The molecule has 1 rings (SSSR count). The molecule has 0 aromatic heterocycles. The fourth-order valence-electron chi connectivity index (χ4n) is 2.06. The summed E-state index contributed by atoms with van der Waals surface area (Å²) in [5, 5.41) is 4.29. The molecular formula is C16H20F4N2O3. The molecule has 1 aromatic rings. The second-order valence-electron chi connectivity index (χ2n) is 5.21. The van der Waals surface area contributed by atoms with Gasteiger partial charge in [-0.3, -0.25) is 0 Å². The van der Waals surface area contributed by atoms with Crippen molar-refractivity contribution in [1.82, 2.24) is 5.32 Å². The molecule has 25 heavy (non-hydrogen) atoms. The van der Waals surface area contributed by atoms with Crippen LogP contribution in [-0.2, 0) is 15.7 Å². The summed E-state index contributed by atoms with van der Waals surface area (Å²) in [4.78, 5) is 23.7. The van der Waals surface area contributed by atoms with Crippen LogP contribution in [0.4, 0.5) is 28.0 Å².